The van der Waals surface area contributed by atoms with Gasteiger partial charge in [0.05, 0.1) is 0 Å². The average molecular weight is 190 g/mol. The van der Waals surface area contributed by atoms with Crippen molar-refractivity contribution in [1.29, 1.82) is 0 Å². The van der Waals surface area contributed by atoms with Crippen molar-refractivity contribution < 1.29 is 0 Å². The van der Waals surface area contributed by atoms with E-state index >= 15 is 0 Å². The Morgan fingerprint density at radius 2 is 0.643 bits per heavy atom. The van der Waals surface area contributed by atoms with Crippen LogP contribution < -0.4 is 0 Å². The molecule has 0 aromatic rings. The van der Waals surface area contributed by atoms with Gasteiger partial charge < -0.3 is 0 Å². The third kappa shape index (κ3) is 6.71. The van der Waals surface area contributed by atoms with Crippen molar-refractivity contribution in [1.82, 2.24) is 0 Å². The van der Waals surface area contributed by atoms with Crippen molar-refractivity contribution in [2.75, 3.05) is 0 Å². The van der Waals surface area contributed by atoms with Gasteiger partial charge in [-0.15, -0.1) is 0 Å². The van der Waals surface area contributed by atoms with E-state index in [9.17, 15) is 0 Å². The highest BCUT2D eigenvalue weighted by atomic mass is 13.9. The molecule has 14 heavy (non-hydrogen) atoms. The molecule has 0 heterocycles. The van der Waals surface area contributed by atoms with Crippen molar-refractivity contribution in [3.63, 3.8) is 0 Å². The Morgan fingerprint density at radius 3 is 1.00 bits per heavy atom. The maximum Gasteiger partial charge on any atom is -0.0316 e. The van der Waals surface area contributed by atoms with E-state index in [1.54, 1.807) is 0 Å². The van der Waals surface area contributed by atoms with E-state index in [0.717, 1.165) is 0 Å². The zero-order chi connectivity index (χ0) is 9.90. The van der Waals surface area contributed by atoms with Crippen molar-refractivity contribution in [2.45, 2.75) is 51.4 Å². The fourth-order valence-electron chi connectivity index (χ4n) is 1.61. The van der Waals surface area contributed by atoms with Crippen LogP contribution >= 0.6 is 0 Å². The van der Waals surface area contributed by atoms with Crippen LogP contribution in [0.5, 0.6) is 0 Å². The van der Waals surface area contributed by atoms with Crippen LogP contribution in [0.25, 0.3) is 0 Å². The van der Waals surface area contributed by atoms with E-state index in [1.165, 1.54) is 51.4 Å². The largest absolute Gasteiger partial charge is 0.0885 e. The summed E-state index contributed by atoms with van der Waals surface area (Å²) in [6.07, 6.45) is 24.0. The Kier molecular flexibility index (Phi) is 7.10. The van der Waals surface area contributed by atoms with Gasteiger partial charge in [0.1, 0.15) is 0 Å². The van der Waals surface area contributed by atoms with Gasteiger partial charge in [0.15, 0.2) is 0 Å². The van der Waals surface area contributed by atoms with Crippen LogP contribution in [0.4, 0.5) is 0 Å². The van der Waals surface area contributed by atoms with Gasteiger partial charge in [0, 0.05) is 0 Å². The lowest BCUT2D eigenvalue weighted by Gasteiger charge is -1.94. The molecule has 0 aromatic heterocycles. The molecule has 1 aliphatic rings. The van der Waals surface area contributed by atoms with Crippen LogP contribution in [0.1, 0.15) is 51.4 Å². The maximum absolute atomic E-state index is 2.34. The van der Waals surface area contributed by atoms with E-state index in [-0.39, 0.29) is 0 Å². The van der Waals surface area contributed by atoms with Crippen LogP contribution in [0, 0.1) is 0 Å². The first-order chi connectivity index (χ1) is 7.00. The second-order valence-corrected chi connectivity index (χ2v) is 3.85. The molecule has 0 nitrogen and oxygen atoms in total. The number of hydrogen-bond donors (Lipinski definition) is 0. The van der Waals surface area contributed by atoms with Crippen LogP contribution in [0.3, 0.4) is 0 Å². The number of allylic oxidation sites excluding steroid dienone is 6. The monoisotopic (exact) mass is 190 g/mol. The van der Waals surface area contributed by atoms with Gasteiger partial charge in [-0.05, 0) is 51.4 Å². The molecular weight excluding hydrogens is 168 g/mol. The summed E-state index contributed by atoms with van der Waals surface area (Å²) in [5, 5.41) is 0. The molecule has 0 saturated carbocycles. The lowest BCUT2D eigenvalue weighted by atomic mass is 10.1. The van der Waals surface area contributed by atoms with E-state index in [2.05, 4.69) is 36.5 Å². The highest BCUT2D eigenvalue weighted by molar-refractivity contribution is 4.90. The highest BCUT2D eigenvalue weighted by Crippen LogP contribution is 2.05. The molecule has 0 aliphatic heterocycles. The van der Waals surface area contributed by atoms with Gasteiger partial charge in [-0.3, -0.25) is 0 Å². The van der Waals surface area contributed by atoms with E-state index < -0.39 is 0 Å². The normalized spacial score (nSPS) is 27.4. The summed E-state index contributed by atoms with van der Waals surface area (Å²) < 4.78 is 0. The Balaban J connectivity index is 2.25. The van der Waals surface area contributed by atoms with Crippen LogP contribution in [-0.2, 0) is 0 Å². The van der Waals surface area contributed by atoms with Crippen molar-refractivity contribution in [3.8, 4) is 0 Å². The molecule has 1 rings (SSSR count). The summed E-state index contributed by atoms with van der Waals surface area (Å²) in [4.78, 5) is 0. The Morgan fingerprint density at radius 1 is 0.357 bits per heavy atom. The van der Waals surface area contributed by atoms with Gasteiger partial charge in [-0.25, -0.2) is 0 Å². The molecule has 78 valence electrons. The standard InChI is InChI=1S/C14H22/c1-2-4-6-8-10-12-14-13-11-9-7-5-3-1/h1-2,7,9-10,12H,3-6,8,11,13-14H2/b2-1-,9-7-,12-10-. The Labute approximate surface area is 88.4 Å². The molecule has 0 fully saturated rings. The minimum Gasteiger partial charge on any atom is -0.0885 e. The third-order valence-electron chi connectivity index (χ3n) is 2.48. The van der Waals surface area contributed by atoms with Gasteiger partial charge in [-0.1, -0.05) is 36.5 Å². The zero-order valence-corrected chi connectivity index (χ0v) is 9.12. The summed E-state index contributed by atoms with van der Waals surface area (Å²) in [5.41, 5.74) is 0. The number of hydrogen-bond acceptors (Lipinski definition) is 0. The van der Waals surface area contributed by atoms with Crippen molar-refractivity contribution >= 4 is 0 Å². The smallest absolute Gasteiger partial charge is 0.0316 e. The van der Waals surface area contributed by atoms with Gasteiger partial charge in [-0.2, -0.15) is 0 Å². The third-order valence-corrected chi connectivity index (χ3v) is 2.48. The fourth-order valence-corrected chi connectivity index (χ4v) is 1.61. The minimum absolute atomic E-state index is 1.21. The van der Waals surface area contributed by atoms with Crippen molar-refractivity contribution in [2.24, 2.45) is 0 Å². The molecule has 0 heteroatoms. The van der Waals surface area contributed by atoms with E-state index in [1.807, 2.05) is 0 Å². The predicted molar refractivity (Wildman–Crippen MR) is 64.4 cm³/mol. The lowest BCUT2D eigenvalue weighted by molar-refractivity contribution is 0.832. The first-order valence-electron chi connectivity index (χ1n) is 5.95. The maximum atomic E-state index is 2.34. The summed E-state index contributed by atoms with van der Waals surface area (Å²) >= 11 is 0. The number of rotatable bonds is 0. The van der Waals surface area contributed by atoms with Crippen molar-refractivity contribution in [3.05, 3.63) is 36.5 Å². The van der Waals surface area contributed by atoms with Gasteiger partial charge >= 0.3 is 0 Å². The quantitative estimate of drug-likeness (QED) is 0.482. The molecule has 0 amide bonds. The first-order valence-corrected chi connectivity index (χ1v) is 5.95. The zero-order valence-electron chi connectivity index (χ0n) is 9.12. The summed E-state index contributed by atoms with van der Waals surface area (Å²) in [5.74, 6) is 0. The minimum atomic E-state index is 1.21. The fraction of sp³-hybridized carbons (Fsp3) is 0.571. The van der Waals surface area contributed by atoms with Gasteiger partial charge in [0.25, 0.3) is 0 Å². The molecule has 0 spiro atoms. The average Bonchev–Trinajstić information content (AvgIpc) is 2.22. The topological polar surface area (TPSA) is 0 Å². The first kappa shape index (κ1) is 11.3. The van der Waals surface area contributed by atoms with Gasteiger partial charge in [0.2, 0.25) is 0 Å². The second-order valence-electron chi connectivity index (χ2n) is 3.85. The molecule has 0 radical (unpaired) electrons. The van der Waals surface area contributed by atoms with Crippen LogP contribution in [0.15, 0.2) is 36.5 Å². The summed E-state index contributed by atoms with van der Waals surface area (Å²) in [6, 6.07) is 0. The molecular formula is C14H22. The molecule has 0 unspecified atom stereocenters. The highest BCUT2D eigenvalue weighted by Gasteiger charge is 1.84. The van der Waals surface area contributed by atoms with E-state index in [0.29, 0.717) is 0 Å². The van der Waals surface area contributed by atoms with Crippen LogP contribution in [0.2, 0.25) is 0 Å². The van der Waals surface area contributed by atoms with E-state index in [4.69, 9.17) is 0 Å². The summed E-state index contributed by atoms with van der Waals surface area (Å²) in [6.45, 7) is 0. The molecule has 0 aromatic carbocycles. The molecule has 0 atom stereocenters. The Bertz CT molecular complexity index is 174. The molecule has 0 N–H and O–H groups in total. The SMILES string of the molecule is C1=C\CCC/C=C\CCC/C=C\CC/1. The molecule has 0 bridgehead atoms. The molecule has 0 saturated heterocycles. The molecule has 1 aliphatic carbocycles. The Hall–Kier alpha value is -0.780. The lowest BCUT2D eigenvalue weighted by Crippen LogP contribution is -1.74. The second kappa shape index (κ2) is 8.80. The van der Waals surface area contributed by atoms with Crippen LogP contribution in [-0.4, -0.2) is 0 Å². The summed E-state index contributed by atoms with van der Waals surface area (Å²) in [7, 11) is 0. The predicted octanol–water partition coefficient (Wildman–Crippen LogP) is 4.79.